The number of Topliss-reactive ketones (excluding diaryl/α,β-unsaturated/α-hetero) is 1. The van der Waals surface area contributed by atoms with Gasteiger partial charge in [0, 0.05) is 41.4 Å². The largest absolute Gasteiger partial charge is 0.462 e. The number of ether oxygens (including phenoxy) is 2. The highest BCUT2D eigenvalue weighted by atomic mass is 19.1. The second-order valence-corrected chi connectivity index (χ2v) is 20.1. The third-order valence-corrected chi connectivity index (χ3v) is 17.6. The average molecular weight is 777 g/mol. The van der Waals surface area contributed by atoms with E-state index in [1.807, 2.05) is 6.08 Å². The highest BCUT2D eigenvalue weighted by molar-refractivity contribution is 6.01. The van der Waals surface area contributed by atoms with E-state index in [-0.39, 0.29) is 54.7 Å². The summed E-state index contributed by atoms with van der Waals surface area (Å²) < 4.78 is 29.0. The van der Waals surface area contributed by atoms with Crippen molar-refractivity contribution in [3.8, 4) is 0 Å². The van der Waals surface area contributed by atoms with Crippen molar-refractivity contribution in [1.29, 1.82) is 0 Å². The molecule has 8 rings (SSSR count). The number of allylic oxidation sites excluding steroid dienone is 5. The van der Waals surface area contributed by atoms with Crippen LogP contribution in [-0.4, -0.2) is 69.6 Å². The van der Waals surface area contributed by atoms with Gasteiger partial charge in [-0.05, 0) is 137 Å². The number of aliphatic hydroxyl groups is 2. The van der Waals surface area contributed by atoms with E-state index in [1.165, 1.54) is 17.7 Å². The normalized spacial score (nSPS) is 47.6. The molecule has 0 spiro atoms. The van der Waals surface area contributed by atoms with Crippen molar-refractivity contribution in [1.82, 2.24) is 0 Å². The Labute approximate surface area is 330 Å². The van der Waals surface area contributed by atoms with Crippen LogP contribution in [0.15, 0.2) is 35.5 Å². The van der Waals surface area contributed by atoms with Crippen molar-refractivity contribution in [3.63, 3.8) is 0 Å². The summed E-state index contributed by atoms with van der Waals surface area (Å²) in [7, 11) is 0. The van der Waals surface area contributed by atoms with Crippen LogP contribution < -0.4 is 0 Å². The molecule has 2 N–H and O–H groups in total. The molecule has 8 aliphatic carbocycles. The summed E-state index contributed by atoms with van der Waals surface area (Å²) in [5, 5.41) is 23.8. The fourth-order valence-electron chi connectivity index (χ4n) is 15.0. The molecule has 6 unspecified atom stereocenters. The van der Waals surface area contributed by atoms with E-state index in [0.717, 1.165) is 38.5 Å². The fraction of sp³-hybridized carbons (Fsp3) is 0.761. The molecule has 8 aliphatic rings. The van der Waals surface area contributed by atoms with Gasteiger partial charge in [-0.2, -0.15) is 0 Å². The van der Waals surface area contributed by atoms with Gasteiger partial charge in [0.25, 0.3) is 0 Å². The van der Waals surface area contributed by atoms with Crippen molar-refractivity contribution >= 4 is 29.3 Å². The molecule has 0 radical (unpaired) electrons. The Kier molecular flexibility index (Phi) is 9.82. The summed E-state index contributed by atoms with van der Waals surface area (Å²) in [5.41, 5.74) is -4.44. The van der Waals surface area contributed by atoms with Crippen LogP contribution in [0.1, 0.15) is 125 Å². The van der Waals surface area contributed by atoms with E-state index < -0.39 is 64.3 Å². The summed E-state index contributed by atoms with van der Waals surface area (Å²) >= 11 is 0. The van der Waals surface area contributed by atoms with Crippen molar-refractivity contribution in [2.45, 2.75) is 148 Å². The summed E-state index contributed by atoms with van der Waals surface area (Å²) in [6.07, 6.45) is 12.5. The summed E-state index contributed by atoms with van der Waals surface area (Å²) in [6, 6.07) is 0. The Morgan fingerprint density at radius 1 is 0.893 bits per heavy atom. The lowest BCUT2D eigenvalue weighted by molar-refractivity contribution is -0.220. The predicted octanol–water partition coefficient (Wildman–Crippen LogP) is 6.92. The maximum Gasteiger partial charge on any atom is 0.306 e. The zero-order valence-corrected chi connectivity index (χ0v) is 33.8. The molecule has 0 heterocycles. The SMILES string of the molecule is C[C@H]1C[C@@]2(C)C(CC[C@@H]2OC(=O)CCCC(=O)OCC(=O)[C@@]2(O)[C@@H](C)CC3C4CCC5=CC(=O)C=C[C@]5(C)[C@@]4(F)[C@@H](O)C[C@@]32C)C2CCC3=CC(=O)CCC3C21. The molecule has 9 nitrogen and oxygen atoms in total. The van der Waals surface area contributed by atoms with Crippen LogP contribution in [0.2, 0.25) is 0 Å². The Morgan fingerprint density at radius 2 is 1.64 bits per heavy atom. The Balaban J connectivity index is 0.841. The third kappa shape index (κ3) is 5.67. The van der Waals surface area contributed by atoms with E-state index in [4.69, 9.17) is 9.47 Å². The van der Waals surface area contributed by atoms with Gasteiger partial charge in [-0.1, -0.05) is 44.9 Å². The number of esters is 2. The van der Waals surface area contributed by atoms with Crippen LogP contribution in [0, 0.1) is 63.6 Å². The summed E-state index contributed by atoms with van der Waals surface area (Å²) in [4.78, 5) is 64.2. The molecular weight excluding hydrogens is 715 g/mol. The van der Waals surface area contributed by atoms with Crippen LogP contribution in [0.5, 0.6) is 0 Å². The first-order chi connectivity index (χ1) is 26.4. The third-order valence-electron chi connectivity index (χ3n) is 17.6. The molecule has 10 heteroatoms. The number of halogens is 1. The number of hydrogen-bond acceptors (Lipinski definition) is 9. The summed E-state index contributed by atoms with van der Waals surface area (Å²) in [6.45, 7) is 9.23. The first-order valence-corrected chi connectivity index (χ1v) is 21.5. The van der Waals surface area contributed by atoms with Gasteiger partial charge in [-0.15, -0.1) is 0 Å². The van der Waals surface area contributed by atoms with Gasteiger partial charge in [-0.25, -0.2) is 4.39 Å². The lowest BCUT2D eigenvalue weighted by Crippen LogP contribution is -2.69. The predicted molar refractivity (Wildman–Crippen MR) is 204 cm³/mol. The number of aliphatic hydroxyl groups excluding tert-OH is 1. The van der Waals surface area contributed by atoms with Gasteiger partial charge in [-0.3, -0.25) is 24.0 Å². The van der Waals surface area contributed by atoms with Crippen molar-refractivity contribution in [2.75, 3.05) is 6.61 Å². The number of ketones is 3. The molecule has 0 aromatic rings. The molecule has 0 amide bonds. The second-order valence-electron chi connectivity index (χ2n) is 20.1. The van der Waals surface area contributed by atoms with Crippen molar-refractivity contribution < 1.29 is 48.0 Å². The maximum atomic E-state index is 17.5. The standard InChI is InChI=1S/C46H61FO9/c1-25-22-42(3)33(32-12-9-27-20-29(48)11-13-31(27)41(25)32)15-16-38(42)56-40(53)8-6-7-39(52)55-24-37(51)46(54)26(2)19-35-34-14-10-28-21-30(49)17-18-43(28,4)45(34,47)36(50)23-44(35,46)5/h17-18,20-21,25-26,31-36,38,41,50,54H,6-16,19,22-24H2,1-5H3/t25-,26-,31?,32?,33?,34?,35?,36-,38-,41?,42-,43-,44-,45-,46-/m0/s1. The van der Waals surface area contributed by atoms with Crippen LogP contribution in [0.25, 0.3) is 0 Å². The average Bonchev–Trinajstić information content (AvgIpc) is 3.56. The number of carbonyl (C=O) groups excluding carboxylic acids is 5. The summed E-state index contributed by atoms with van der Waals surface area (Å²) in [5.74, 6) is -0.610. The van der Waals surface area contributed by atoms with Crippen LogP contribution in [0.3, 0.4) is 0 Å². The quantitative estimate of drug-likeness (QED) is 0.251. The lowest BCUT2D eigenvalue weighted by atomic mass is 9.44. The highest BCUT2D eigenvalue weighted by Crippen LogP contribution is 2.71. The fourth-order valence-corrected chi connectivity index (χ4v) is 15.0. The molecule has 0 saturated heterocycles. The van der Waals surface area contributed by atoms with Crippen molar-refractivity contribution in [2.24, 2.45) is 63.6 Å². The van der Waals surface area contributed by atoms with Gasteiger partial charge in [0.2, 0.25) is 5.78 Å². The molecule has 0 bridgehead atoms. The molecule has 0 aromatic carbocycles. The highest BCUT2D eigenvalue weighted by Gasteiger charge is 2.75. The Hall–Kier alpha value is -2.98. The van der Waals surface area contributed by atoms with E-state index in [2.05, 4.69) is 13.8 Å². The topological polar surface area (TPSA) is 144 Å². The molecule has 56 heavy (non-hydrogen) atoms. The van der Waals surface area contributed by atoms with Crippen LogP contribution in [-0.2, 0) is 33.4 Å². The van der Waals surface area contributed by atoms with Gasteiger partial charge in [0.05, 0.1) is 6.10 Å². The second kappa shape index (κ2) is 13.8. The molecule has 6 fully saturated rings. The first-order valence-electron chi connectivity index (χ1n) is 21.5. The minimum absolute atomic E-state index is 0.0519. The van der Waals surface area contributed by atoms with E-state index in [9.17, 15) is 34.2 Å². The lowest BCUT2D eigenvalue weighted by Gasteiger charge is -2.62. The molecule has 15 atom stereocenters. The minimum Gasteiger partial charge on any atom is -0.462 e. The van der Waals surface area contributed by atoms with Gasteiger partial charge < -0.3 is 19.7 Å². The van der Waals surface area contributed by atoms with E-state index in [1.54, 1.807) is 26.8 Å². The number of hydrogen-bond donors (Lipinski definition) is 2. The van der Waals surface area contributed by atoms with Gasteiger partial charge >= 0.3 is 11.9 Å². The minimum atomic E-state index is -2.08. The van der Waals surface area contributed by atoms with Gasteiger partial charge in [0.1, 0.15) is 11.7 Å². The molecular formula is C46H61FO9. The maximum absolute atomic E-state index is 17.5. The Bertz CT molecular complexity index is 1800. The smallest absolute Gasteiger partial charge is 0.306 e. The number of fused-ring (bicyclic) bond motifs is 10. The number of rotatable bonds is 8. The number of carbonyl (C=O) groups is 5. The molecule has 0 aromatic heterocycles. The molecule has 0 aliphatic heterocycles. The Morgan fingerprint density at radius 3 is 2.41 bits per heavy atom. The van der Waals surface area contributed by atoms with E-state index in [0.29, 0.717) is 60.8 Å². The van der Waals surface area contributed by atoms with Crippen LogP contribution >= 0.6 is 0 Å². The zero-order chi connectivity index (χ0) is 40.2. The zero-order valence-electron chi connectivity index (χ0n) is 33.8. The van der Waals surface area contributed by atoms with Crippen molar-refractivity contribution in [3.05, 3.63) is 35.5 Å². The molecule has 306 valence electrons. The number of alkyl halides is 1. The first kappa shape index (κ1) is 39.8. The van der Waals surface area contributed by atoms with Gasteiger partial charge in [0.15, 0.2) is 23.8 Å². The van der Waals surface area contributed by atoms with Crippen LogP contribution in [0.4, 0.5) is 4.39 Å². The van der Waals surface area contributed by atoms with E-state index >= 15 is 4.39 Å². The molecule has 6 saturated carbocycles. The monoisotopic (exact) mass is 776 g/mol.